The molecule has 0 amide bonds. The zero-order valence-corrected chi connectivity index (χ0v) is 11.7. The minimum atomic E-state index is 0.301. The van der Waals surface area contributed by atoms with Crippen molar-refractivity contribution >= 4 is 0 Å². The Morgan fingerprint density at radius 3 is 2.29 bits per heavy atom. The Kier molecular flexibility index (Phi) is 5.74. The second kappa shape index (κ2) is 6.83. The van der Waals surface area contributed by atoms with E-state index in [0.29, 0.717) is 11.3 Å². The molecule has 0 bridgehead atoms. The topological polar surface area (TPSA) is 0 Å². The van der Waals surface area contributed by atoms with Crippen LogP contribution in [0.2, 0.25) is 0 Å². The van der Waals surface area contributed by atoms with Crippen LogP contribution in [0.4, 0.5) is 0 Å². The lowest BCUT2D eigenvalue weighted by molar-refractivity contribution is 0.283. The van der Waals surface area contributed by atoms with Crippen LogP contribution < -0.4 is 0 Å². The molecule has 0 nitrogen and oxygen atoms in total. The molecule has 0 N–H and O–H groups in total. The molecule has 1 radical (unpaired) electrons. The maximum Gasteiger partial charge on any atom is -0.0110 e. The van der Waals surface area contributed by atoms with Crippen LogP contribution in [0, 0.1) is 12.3 Å². The van der Waals surface area contributed by atoms with Gasteiger partial charge < -0.3 is 0 Å². The Hall–Kier alpha value is -0.780. The Labute approximate surface area is 107 Å². The molecule has 0 heterocycles. The molecule has 1 rings (SSSR count). The Balaban J connectivity index is 2.51. The molecule has 1 atom stereocenters. The highest BCUT2D eigenvalue weighted by atomic mass is 14.3. The van der Waals surface area contributed by atoms with Crippen molar-refractivity contribution in [1.82, 2.24) is 0 Å². The third-order valence-corrected chi connectivity index (χ3v) is 3.82. The third kappa shape index (κ3) is 4.53. The molecule has 0 spiro atoms. The van der Waals surface area contributed by atoms with Gasteiger partial charge in [-0.25, -0.2) is 0 Å². The lowest BCUT2D eigenvalue weighted by Crippen LogP contribution is -2.20. The van der Waals surface area contributed by atoms with Crippen molar-refractivity contribution in [3.63, 3.8) is 0 Å². The van der Waals surface area contributed by atoms with E-state index in [1.165, 1.54) is 37.7 Å². The quantitative estimate of drug-likeness (QED) is 0.536. The second-order valence-corrected chi connectivity index (χ2v) is 5.76. The number of hydrogen-bond donors (Lipinski definition) is 0. The molecule has 0 aliphatic rings. The molecule has 0 heteroatoms. The molecule has 0 saturated heterocycles. The maximum atomic E-state index is 4.38. The van der Waals surface area contributed by atoms with E-state index < -0.39 is 0 Å². The van der Waals surface area contributed by atoms with Crippen molar-refractivity contribution in [3.05, 3.63) is 42.8 Å². The Morgan fingerprint density at radius 1 is 1.06 bits per heavy atom. The van der Waals surface area contributed by atoms with Crippen molar-refractivity contribution < 1.29 is 0 Å². The molecule has 0 aliphatic carbocycles. The largest absolute Gasteiger partial charge is 0.0654 e. The van der Waals surface area contributed by atoms with Gasteiger partial charge in [0.05, 0.1) is 0 Å². The van der Waals surface area contributed by atoms with E-state index in [0.717, 1.165) is 0 Å². The fraction of sp³-hybridized carbons (Fsp3) is 0.588. The number of rotatable bonds is 7. The van der Waals surface area contributed by atoms with Gasteiger partial charge in [-0.15, -0.1) is 0 Å². The summed E-state index contributed by atoms with van der Waals surface area (Å²) in [6.45, 7) is 11.3. The zero-order chi connectivity index (χ0) is 12.7. The Morgan fingerprint density at radius 2 is 1.71 bits per heavy atom. The predicted octanol–water partition coefficient (Wildman–Crippen LogP) is 5.60. The van der Waals surface area contributed by atoms with Gasteiger partial charge in [-0.05, 0) is 30.2 Å². The van der Waals surface area contributed by atoms with E-state index >= 15 is 0 Å². The molecule has 1 unspecified atom stereocenters. The van der Waals surface area contributed by atoms with Crippen LogP contribution in [-0.4, -0.2) is 0 Å². The minimum absolute atomic E-state index is 0.301. The van der Waals surface area contributed by atoms with E-state index in [4.69, 9.17) is 0 Å². The van der Waals surface area contributed by atoms with E-state index in [1.807, 2.05) is 0 Å². The molecule has 1 aromatic rings. The average Bonchev–Trinajstić information content (AvgIpc) is 2.35. The molecular weight excluding hydrogens is 204 g/mol. The number of benzene rings is 1. The number of hydrogen-bond acceptors (Lipinski definition) is 0. The molecule has 0 aromatic heterocycles. The Bertz CT molecular complexity index is 297. The van der Waals surface area contributed by atoms with Crippen LogP contribution in [0.3, 0.4) is 0 Å². The van der Waals surface area contributed by atoms with Crippen LogP contribution in [-0.2, 0) is 0 Å². The fourth-order valence-corrected chi connectivity index (χ4v) is 2.32. The van der Waals surface area contributed by atoms with Crippen LogP contribution in [0.15, 0.2) is 30.3 Å². The van der Waals surface area contributed by atoms with Gasteiger partial charge in [-0.1, -0.05) is 76.8 Å². The van der Waals surface area contributed by atoms with Crippen molar-refractivity contribution in [1.29, 1.82) is 0 Å². The second-order valence-electron chi connectivity index (χ2n) is 5.76. The summed E-state index contributed by atoms with van der Waals surface area (Å²) in [6, 6.07) is 10.7. The highest BCUT2D eigenvalue weighted by Gasteiger charge is 2.26. The van der Waals surface area contributed by atoms with Gasteiger partial charge in [0.1, 0.15) is 0 Å². The number of unbranched alkanes of at least 4 members (excludes halogenated alkanes) is 3. The summed E-state index contributed by atoms with van der Waals surface area (Å²) >= 11 is 0. The summed E-state index contributed by atoms with van der Waals surface area (Å²) in [5, 5.41) is 0. The zero-order valence-electron chi connectivity index (χ0n) is 11.7. The van der Waals surface area contributed by atoms with Gasteiger partial charge in [-0.2, -0.15) is 0 Å². The van der Waals surface area contributed by atoms with Gasteiger partial charge >= 0.3 is 0 Å². The molecule has 0 saturated carbocycles. The van der Waals surface area contributed by atoms with E-state index in [9.17, 15) is 0 Å². The van der Waals surface area contributed by atoms with Crippen molar-refractivity contribution in [2.45, 2.75) is 58.8 Å². The third-order valence-electron chi connectivity index (χ3n) is 3.82. The highest BCUT2D eigenvalue weighted by molar-refractivity contribution is 5.22. The van der Waals surface area contributed by atoms with Crippen LogP contribution in [0.25, 0.3) is 0 Å². The smallest absolute Gasteiger partial charge is 0.0110 e. The van der Waals surface area contributed by atoms with Crippen molar-refractivity contribution in [2.75, 3.05) is 0 Å². The molecule has 0 fully saturated rings. The fourth-order valence-electron chi connectivity index (χ4n) is 2.32. The maximum absolute atomic E-state index is 4.38. The summed E-state index contributed by atoms with van der Waals surface area (Å²) in [5.74, 6) is 0.394. The summed E-state index contributed by atoms with van der Waals surface area (Å²) < 4.78 is 0. The molecule has 95 valence electrons. The first-order valence-corrected chi connectivity index (χ1v) is 6.96. The van der Waals surface area contributed by atoms with Gasteiger partial charge in [-0.3, -0.25) is 0 Å². The molecule has 1 aromatic carbocycles. The molecule has 17 heavy (non-hydrogen) atoms. The van der Waals surface area contributed by atoms with Crippen molar-refractivity contribution in [2.24, 2.45) is 5.41 Å². The summed E-state index contributed by atoms with van der Waals surface area (Å²) in [6.07, 6.45) is 6.65. The predicted molar refractivity (Wildman–Crippen MR) is 77.1 cm³/mol. The van der Waals surface area contributed by atoms with Crippen LogP contribution >= 0.6 is 0 Å². The first kappa shape index (κ1) is 14.3. The summed E-state index contributed by atoms with van der Waals surface area (Å²) in [4.78, 5) is 0. The molecular formula is C17H27. The lowest BCUT2D eigenvalue weighted by atomic mass is 9.73. The van der Waals surface area contributed by atoms with Gasteiger partial charge in [0, 0.05) is 0 Å². The lowest BCUT2D eigenvalue weighted by Gasteiger charge is -2.32. The standard InChI is InChI=1S/C17H27/c1-5-6-7-11-14-17(3,4)15(2)16-12-9-8-10-13-16/h8-10,12-13,15H,2,5-7,11,14H2,1,3-4H3. The first-order chi connectivity index (χ1) is 8.08. The van der Waals surface area contributed by atoms with Gasteiger partial charge in [0.15, 0.2) is 0 Å². The van der Waals surface area contributed by atoms with Crippen molar-refractivity contribution in [3.8, 4) is 0 Å². The minimum Gasteiger partial charge on any atom is -0.0654 e. The normalized spacial score (nSPS) is 13.6. The summed E-state index contributed by atoms with van der Waals surface area (Å²) in [5.41, 5.74) is 1.67. The SMILES string of the molecule is [CH2]C(c1ccccc1)C(C)(C)CCCCCC. The van der Waals surface area contributed by atoms with E-state index in [2.05, 4.69) is 58.0 Å². The molecule has 0 aliphatic heterocycles. The highest BCUT2D eigenvalue weighted by Crippen LogP contribution is 2.39. The van der Waals surface area contributed by atoms with Crippen LogP contribution in [0.5, 0.6) is 0 Å². The van der Waals surface area contributed by atoms with Crippen LogP contribution in [0.1, 0.15) is 64.4 Å². The average molecular weight is 231 g/mol. The van der Waals surface area contributed by atoms with E-state index in [1.54, 1.807) is 0 Å². The van der Waals surface area contributed by atoms with E-state index in [-0.39, 0.29) is 0 Å². The van der Waals surface area contributed by atoms with Gasteiger partial charge in [0.25, 0.3) is 0 Å². The first-order valence-electron chi connectivity index (χ1n) is 6.96. The monoisotopic (exact) mass is 231 g/mol. The van der Waals surface area contributed by atoms with Gasteiger partial charge in [0.2, 0.25) is 0 Å². The summed E-state index contributed by atoms with van der Waals surface area (Å²) in [7, 11) is 0.